The Hall–Kier alpha value is -2.22. The van der Waals surface area contributed by atoms with Gasteiger partial charge in [-0.15, -0.1) is 0 Å². The highest BCUT2D eigenvalue weighted by Gasteiger charge is 2.31. The van der Waals surface area contributed by atoms with Crippen LogP contribution in [-0.4, -0.2) is 65.3 Å². The van der Waals surface area contributed by atoms with Crippen LogP contribution in [0.3, 0.4) is 0 Å². The largest absolute Gasteiger partial charge is 0.378 e. The van der Waals surface area contributed by atoms with Gasteiger partial charge in [-0.05, 0) is 19.8 Å². The fourth-order valence-corrected chi connectivity index (χ4v) is 3.56. The molecule has 2 aliphatic heterocycles. The number of morpholine rings is 1. The molecule has 2 fully saturated rings. The van der Waals surface area contributed by atoms with E-state index in [-0.39, 0.29) is 11.8 Å². The first kappa shape index (κ1) is 15.3. The predicted molar refractivity (Wildman–Crippen MR) is 86.7 cm³/mol. The van der Waals surface area contributed by atoms with E-state index in [0.717, 1.165) is 36.3 Å². The van der Waals surface area contributed by atoms with Crippen molar-refractivity contribution >= 4 is 22.8 Å². The van der Waals surface area contributed by atoms with Crippen LogP contribution in [0, 0.1) is 12.8 Å². The van der Waals surface area contributed by atoms with Crippen LogP contribution in [0.15, 0.2) is 10.9 Å². The zero-order valence-electron chi connectivity index (χ0n) is 13.8. The van der Waals surface area contributed by atoms with Crippen molar-refractivity contribution in [3.05, 3.63) is 12.0 Å². The molecule has 0 spiro atoms. The van der Waals surface area contributed by atoms with E-state index >= 15 is 0 Å². The van der Waals surface area contributed by atoms with Gasteiger partial charge < -0.3 is 19.1 Å². The number of rotatable bonds is 2. The van der Waals surface area contributed by atoms with Crippen LogP contribution in [-0.2, 0) is 9.53 Å². The zero-order chi connectivity index (χ0) is 16.5. The zero-order valence-corrected chi connectivity index (χ0v) is 13.8. The van der Waals surface area contributed by atoms with Gasteiger partial charge in [0.2, 0.25) is 5.91 Å². The van der Waals surface area contributed by atoms with Crippen molar-refractivity contribution in [3.63, 3.8) is 0 Å². The minimum Gasteiger partial charge on any atom is -0.378 e. The summed E-state index contributed by atoms with van der Waals surface area (Å²) in [6.45, 7) is 6.09. The summed E-state index contributed by atoms with van der Waals surface area (Å²) in [6.07, 6.45) is 3.38. The Morgan fingerprint density at radius 2 is 2.08 bits per heavy atom. The van der Waals surface area contributed by atoms with Gasteiger partial charge in [-0.25, -0.2) is 4.98 Å². The van der Waals surface area contributed by atoms with E-state index in [0.29, 0.717) is 38.6 Å². The highest BCUT2D eigenvalue weighted by atomic mass is 16.5. The fourth-order valence-electron chi connectivity index (χ4n) is 3.56. The lowest BCUT2D eigenvalue weighted by molar-refractivity contribution is -0.139. The molecule has 0 aliphatic carbocycles. The van der Waals surface area contributed by atoms with E-state index < -0.39 is 0 Å². The second-order valence-corrected chi connectivity index (χ2v) is 6.37. The number of carbonyl (C=O) groups excluding carboxylic acids is 1. The van der Waals surface area contributed by atoms with Crippen molar-refractivity contribution in [2.75, 3.05) is 44.3 Å². The van der Waals surface area contributed by atoms with E-state index in [2.05, 4.69) is 20.0 Å². The van der Waals surface area contributed by atoms with E-state index in [4.69, 9.17) is 9.26 Å². The number of hydrogen-bond donors (Lipinski definition) is 0. The standard InChI is InChI=1S/C16H21N5O3/c1-11-13-14(17-10-18-15(13)24-19-11)21-4-2-3-12(9-21)16(22)20-5-7-23-8-6-20/h10,12H,2-9H2,1H3/t12-/m1/s1. The van der Waals surface area contributed by atoms with Gasteiger partial charge in [0.05, 0.1) is 24.8 Å². The number of aromatic nitrogens is 3. The number of fused-ring (bicyclic) bond motifs is 1. The second kappa shape index (κ2) is 6.35. The lowest BCUT2D eigenvalue weighted by Gasteiger charge is -2.36. The van der Waals surface area contributed by atoms with Gasteiger partial charge >= 0.3 is 0 Å². The molecule has 2 aliphatic rings. The Labute approximate surface area is 139 Å². The first-order valence-corrected chi connectivity index (χ1v) is 8.42. The van der Waals surface area contributed by atoms with Crippen molar-refractivity contribution in [2.24, 2.45) is 5.92 Å². The molecule has 0 unspecified atom stereocenters. The van der Waals surface area contributed by atoms with Crippen molar-refractivity contribution in [3.8, 4) is 0 Å². The molecule has 0 bridgehead atoms. The first-order chi connectivity index (χ1) is 11.7. The van der Waals surface area contributed by atoms with E-state index in [1.165, 1.54) is 6.33 Å². The topological polar surface area (TPSA) is 84.6 Å². The molecule has 0 aromatic carbocycles. The Bertz CT molecular complexity index is 740. The van der Waals surface area contributed by atoms with Crippen molar-refractivity contribution < 1.29 is 14.1 Å². The molecule has 8 heteroatoms. The number of hydrogen-bond acceptors (Lipinski definition) is 7. The smallest absolute Gasteiger partial charge is 0.263 e. The van der Waals surface area contributed by atoms with Crippen LogP contribution >= 0.6 is 0 Å². The molecule has 24 heavy (non-hydrogen) atoms. The van der Waals surface area contributed by atoms with E-state index in [1.54, 1.807) is 0 Å². The average Bonchev–Trinajstić information content (AvgIpc) is 3.03. The lowest BCUT2D eigenvalue weighted by Crippen LogP contribution is -2.48. The lowest BCUT2D eigenvalue weighted by atomic mass is 9.96. The SMILES string of the molecule is Cc1noc2ncnc(N3CCC[C@@H](C(=O)N4CCOCC4)C3)c12. The monoisotopic (exact) mass is 331 g/mol. The molecule has 2 aromatic rings. The number of amides is 1. The van der Waals surface area contributed by atoms with Gasteiger partial charge in [-0.1, -0.05) is 5.16 Å². The maximum absolute atomic E-state index is 12.8. The Morgan fingerprint density at radius 1 is 1.25 bits per heavy atom. The summed E-state index contributed by atoms with van der Waals surface area (Å²) in [5, 5.41) is 4.83. The molecule has 4 heterocycles. The van der Waals surface area contributed by atoms with Crippen LogP contribution in [0.4, 0.5) is 5.82 Å². The molecule has 0 saturated carbocycles. The summed E-state index contributed by atoms with van der Waals surface area (Å²) in [6, 6.07) is 0. The third-order valence-corrected chi connectivity index (χ3v) is 4.82. The van der Waals surface area contributed by atoms with Gasteiger partial charge in [-0.2, -0.15) is 4.98 Å². The number of piperidine rings is 1. The predicted octanol–water partition coefficient (Wildman–Crippen LogP) is 1.00. The summed E-state index contributed by atoms with van der Waals surface area (Å²) >= 11 is 0. The number of carbonyl (C=O) groups is 1. The highest BCUT2D eigenvalue weighted by Crippen LogP contribution is 2.30. The van der Waals surface area contributed by atoms with Gasteiger partial charge in [0.15, 0.2) is 0 Å². The minimum absolute atomic E-state index is 0.00188. The summed E-state index contributed by atoms with van der Waals surface area (Å²) in [4.78, 5) is 25.5. The Kier molecular flexibility index (Phi) is 4.05. The first-order valence-electron chi connectivity index (χ1n) is 8.42. The van der Waals surface area contributed by atoms with Gasteiger partial charge in [0.25, 0.3) is 5.71 Å². The van der Waals surface area contributed by atoms with E-state index in [9.17, 15) is 4.79 Å². The molecule has 1 amide bonds. The number of aryl methyl sites for hydroxylation is 1. The quantitative estimate of drug-likeness (QED) is 0.811. The fraction of sp³-hybridized carbons (Fsp3) is 0.625. The van der Waals surface area contributed by atoms with Crippen LogP contribution in [0.1, 0.15) is 18.5 Å². The van der Waals surface area contributed by atoms with Crippen LogP contribution in [0.5, 0.6) is 0 Å². The van der Waals surface area contributed by atoms with Crippen LogP contribution < -0.4 is 4.90 Å². The van der Waals surface area contributed by atoms with Crippen LogP contribution in [0.25, 0.3) is 11.1 Å². The van der Waals surface area contributed by atoms with Crippen molar-refractivity contribution in [1.82, 2.24) is 20.0 Å². The molecule has 1 atom stereocenters. The Balaban J connectivity index is 1.56. The maximum Gasteiger partial charge on any atom is 0.263 e. The Morgan fingerprint density at radius 3 is 2.92 bits per heavy atom. The minimum atomic E-state index is 0.00188. The molecule has 128 valence electrons. The maximum atomic E-state index is 12.8. The third kappa shape index (κ3) is 2.71. The molecule has 4 rings (SSSR count). The molecular weight excluding hydrogens is 310 g/mol. The van der Waals surface area contributed by atoms with Gasteiger partial charge in [0, 0.05) is 26.2 Å². The average molecular weight is 331 g/mol. The van der Waals surface area contributed by atoms with E-state index in [1.807, 2.05) is 11.8 Å². The molecule has 2 saturated heterocycles. The summed E-state index contributed by atoms with van der Waals surface area (Å²) in [5.41, 5.74) is 1.28. The van der Waals surface area contributed by atoms with Crippen LogP contribution in [0.2, 0.25) is 0 Å². The van der Waals surface area contributed by atoms with Crippen molar-refractivity contribution in [1.29, 1.82) is 0 Å². The number of anilines is 1. The molecule has 0 N–H and O–H groups in total. The van der Waals surface area contributed by atoms with Crippen molar-refractivity contribution in [2.45, 2.75) is 19.8 Å². The summed E-state index contributed by atoms with van der Waals surface area (Å²) < 4.78 is 10.6. The molecule has 2 aromatic heterocycles. The molecule has 0 radical (unpaired) electrons. The highest BCUT2D eigenvalue weighted by molar-refractivity contribution is 5.88. The number of nitrogens with zero attached hydrogens (tertiary/aromatic N) is 5. The second-order valence-electron chi connectivity index (χ2n) is 6.37. The summed E-state index contributed by atoms with van der Waals surface area (Å²) in [5.74, 6) is 1.05. The van der Waals surface area contributed by atoms with Gasteiger partial charge in [-0.3, -0.25) is 4.79 Å². The van der Waals surface area contributed by atoms with Gasteiger partial charge in [0.1, 0.15) is 17.5 Å². The molecular formula is C16H21N5O3. The third-order valence-electron chi connectivity index (χ3n) is 4.82. The normalized spacial score (nSPS) is 22.1. The summed E-state index contributed by atoms with van der Waals surface area (Å²) in [7, 11) is 0. The molecule has 8 nitrogen and oxygen atoms in total. The number of ether oxygens (including phenoxy) is 1.